The molecule has 0 aliphatic carbocycles. The van der Waals surface area contributed by atoms with Crippen LogP contribution in [-0.4, -0.2) is 6.61 Å². The van der Waals surface area contributed by atoms with Gasteiger partial charge >= 0.3 is 0 Å². The van der Waals surface area contributed by atoms with Crippen LogP contribution in [0.15, 0.2) is 12.1 Å². The summed E-state index contributed by atoms with van der Waals surface area (Å²) in [7, 11) is 0. The molecule has 1 atom stereocenters. The Morgan fingerprint density at radius 3 is 2.93 bits per heavy atom. The van der Waals surface area contributed by atoms with Gasteiger partial charge in [0.2, 0.25) is 0 Å². The summed E-state index contributed by atoms with van der Waals surface area (Å²) in [4.78, 5) is 0. The van der Waals surface area contributed by atoms with E-state index in [4.69, 9.17) is 33.7 Å². The SMILES string of the molecule is NC1CCCOc2c(Cl)cc(Cl)cc21. The summed E-state index contributed by atoms with van der Waals surface area (Å²) in [5.74, 6) is 0.695. The minimum Gasteiger partial charge on any atom is -0.492 e. The lowest BCUT2D eigenvalue weighted by molar-refractivity contribution is 0.316. The fraction of sp³-hybridized carbons (Fsp3) is 0.400. The maximum absolute atomic E-state index is 6.02. The van der Waals surface area contributed by atoms with E-state index in [9.17, 15) is 0 Å². The van der Waals surface area contributed by atoms with E-state index in [1.807, 2.05) is 6.07 Å². The van der Waals surface area contributed by atoms with Gasteiger partial charge in [0.05, 0.1) is 11.6 Å². The van der Waals surface area contributed by atoms with Crippen LogP contribution in [0.2, 0.25) is 10.0 Å². The molecule has 1 aliphatic heterocycles. The zero-order valence-electron chi connectivity index (χ0n) is 7.59. The van der Waals surface area contributed by atoms with Crippen molar-refractivity contribution in [2.45, 2.75) is 18.9 Å². The van der Waals surface area contributed by atoms with E-state index in [0.29, 0.717) is 22.4 Å². The van der Waals surface area contributed by atoms with Crippen LogP contribution in [0.1, 0.15) is 24.4 Å². The van der Waals surface area contributed by atoms with Crippen molar-refractivity contribution in [1.29, 1.82) is 0 Å². The number of hydrogen-bond acceptors (Lipinski definition) is 2. The summed E-state index contributed by atoms with van der Waals surface area (Å²) in [6, 6.07) is 3.49. The highest BCUT2D eigenvalue weighted by Gasteiger charge is 2.19. The number of benzene rings is 1. The first-order chi connectivity index (χ1) is 6.68. The van der Waals surface area contributed by atoms with Crippen LogP contribution in [0.25, 0.3) is 0 Å². The molecule has 1 heterocycles. The second kappa shape index (κ2) is 3.97. The van der Waals surface area contributed by atoms with Gasteiger partial charge in [0, 0.05) is 16.6 Å². The van der Waals surface area contributed by atoms with Gasteiger partial charge in [-0.05, 0) is 25.0 Å². The summed E-state index contributed by atoms with van der Waals surface area (Å²) in [5, 5.41) is 1.15. The van der Waals surface area contributed by atoms with Gasteiger partial charge in [-0.15, -0.1) is 0 Å². The first-order valence-corrected chi connectivity index (χ1v) is 5.31. The topological polar surface area (TPSA) is 35.2 Å². The Balaban J connectivity index is 2.53. The maximum Gasteiger partial charge on any atom is 0.142 e. The van der Waals surface area contributed by atoms with Crippen molar-refractivity contribution in [3.63, 3.8) is 0 Å². The van der Waals surface area contributed by atoms with Crippen LogP contribution in [0.3, 0.4) is 0 Å². The van der Waals surface area contributed by atoms with Crippen molar-refractivity contribution in [2.75, 3.05) is 6.61 Å². The van der Waals surface area contributed by atoms with Gasteiger partial charge in [0.15, 0.2) is 0 Å². The van der Waals surface area contributed by atoms with E-state index in [-0.39, 0.29) is 6.04 Å². The van der Waals surface area contributed by atoms with Crippen molar-refractivity contribution in [3.8, 4) is 5.75 Å². The van der Waals surface area contributed by atoms with Crippen molar-refractivity contribution in [3.05, 3.63) is 27.7 Å². The van der Waals surface area contributed by atoms with Crippen molar-refractivity contribution in [1.82, 2.24) is 0 Å². The highest BCUT2D eigenvalue weighted by atomic mass is 35.5. The molecule has 2 rings (SSSR count). The smallest absolute Gasteiger partial charge is 0.142 e. The zero-order chi connectivity index (χ0) is 10.1. The minimum absolute atomic E-state index is 0.0244. The second-order valence-corrected chi connectivity index (χ2v) is 4.25. The summed E-state index contributed by atoms with van der Waals surface area (Å²) >= 11 is 11.9. The molecule has 76 valence electrons. The molecular weight excluding hydrogens is 221 g/mol. The van der Waals surface area contributed by atoms with Crippen LogP contribution < -0.4 is 10.5 Å². The molecule has 0 radical (unpaired) electrons. The van der Waals surface area contributed by atoms with Gasteiger partial charge in [-0.25, -0.2) is 0 Å². The summed E-state index contributed by atoms with van der Waals surface area (Å²) in [5.41, 5.74) is 6.90. The Labute approximate surface area is 92.9 Å². The second-order valence-electron chi connectivity index (χ2n) is 3.40. The quantitative estimate of drug-likeness (QED) is 0.745. The van der Waals surface area contributed by atoms with Crippen LogP contribution in [0.4, 0.5) is 0 Å². The van der Waals surface area contributed by atoms with Crippen molar-refractivity contribution < 1.29 is 4.74 Å². The molecule has 2 nitrogen and oxygen atoms in total. The van der Waals surface area contributed by atoms with Crippen molar-refractivity contribution in [2.24, 2.45) is 5.73 Å². The molecule has 1 unspecified atom stereocenters. The van der Waals surface area contributed by atoms with E-state index in [1.165, 1.54) is 0 Å². The lowest BCUT2D eigenvalue weighted by Crippen LogP contribution is -2.09. The Hall–Kier alpha value is -0.440. The molecule has 0 fully saturated rings. The number of ether oxygens (including phenoxy) is 1. The number of halogens is 2. The molecule has 2 N–H and O–H groups in total. The molecule has 0 spiro atoms. The average Bonchev–Trinajstić information content (AvgIpc) is 2.29. The third kappa shape index (κ3) is 1.83. The number of hydrogen-bond donors (Lipinski definition) is 1. The minimum atomic E-state index is -0.0244. The Morgan fingerprint density at radius 1 is 1.36 bits per heavy atom. The fourth-order valence-electron chi connectivity index (χ4n) is 1.64. The van der Waals surface area contributed by atoms with E-state index < -0.39 is 0 Å². The molecule has 0 saturated carbocycles. The number of nitrogens with two attached hydrogens (primary N) is 1. The first-order valence-electron chi connectivity index (χ1n) is 4.56. The lowest BCUT2D eigenvalue weighted by atomic mass is 10.0. The monoisotopic (exact) mass is 231 g/mol. The molecule has 0 amide bonds. The van der Waals surface area contributed by atoms with Gasteiger partial charge < -0.3 is 10.5 Å². The third-order valence-electron chi connectivity index (χ3n) is 2.34. The summed E-state index contributed by atoms with van der Waals surface area (Å²) in [6.45, 7) is 0.669. The molecule has 4 heteroatoms. The highest BCUT2D eigenvalue weighted by molar-refractivity contribution is 6.35. The average molecular weight is 232 g/mol. The van der Waals surface area contributed by atoms with Crippen LogP contribution in [0, 0.1) is 0 Å². The molecule has 1 aromatic rings. The number of rotatable bonds is 0. The van der Waals surface area contributed by atoms with Gasteiger partial charge in [-0.3, -0.25) is 0 Å². The highest BCUT2D eigenvalue weighted by Crippen LogP contribution is 2.38. The zero-order valence-corrected chi connectivity index (χ0v) is 9.11. The van der Waals surface area contributed by atoms with E-state index in [0.717, 1.165) is 18.4 Å². The molecule has 1 aliphatic rings. The predicted molar refractivity (Wildman–Crippen MR) is 58.1 cm³/mol. The Kier molecular flexibility index (Phi) is 2.86. The lowest BCUT2D eigenvalue weighted by Gasteiger charge is -2.13. The largest absolute Gasteiger partial charge is 0.492 e. The van der Waals surface area contributed by atoms with E-state index in [2.05, 4.69) is 0 Å². The Bertz CT molecular complexity index is 354. The Morgan fingerprint density at radius 2 is 2.14 bits per heavy atom. The van der Waals surface area contributed by atoms with Gasteiger partial charge in [-0.1, -0.05) is 23.2 Å². The summed E-state index contributed by atoms with van der Waals surface area (Å²) < 4.78 is 5.53. The normalized spacial score (nSPS) is 20.9. The molecule has 0 aromatic heterocycles. The molecule has 1 aromatic carbocycles. The maximum atomic E-state index is 6.02. The third-order valence-corrected chi connectivity index (χ3v) is 2.84. The fourth-order valence-corrected chi connectivity index (χ4v) is 2.20. The first kappa shape index (κ1) is 10.1. The summed E-state index contributed by atoms with van der Waals surface area (Å²) in [6.07, 6.45) is 1.85. The van der Waals surface area contributed by atoms with Crippen LogP contribution in [-0.2, 0) is 0 Å². The molecule has 14 heavy (non-hydrogen) atoms. The standard InChI is InChI=1S/C10H11Cl2NO/c11-6-4-7-9(13)2-1-3-14-10(7)8(12)5-6/h4-5,9H,1-3,13H2. The van der Waals surface area contributed by atoms with E-state index in [1.54, 1.807) is 6.07 Å². The van der Waals surface area contributed by atoms with Crippen LogP contribution >= 0.6 is 23.2 Å². The molecule has 0 bridgehead atoms. The molecule has 0 saturated heterocycles. The molecular formula is C10H11Cl2NO. The van der Waals surface area contributed by atoms with Crippen molar-refractivity contribution >= 4 is 23.2 Å². The predicted octanol–water partition coefficient (Wildman–Crippen LogP) is 3.17. The van der Waals surface area contributed by atoms with Gasteiger partial charge in [-0.2, -0.15) is 0 Å². The number of fused-ring (bicyclic) bond motifs is 1. The van der Waals surface area contributed by atoms with Crippen LogP contribution in [0.5, 0.6) is 5.75 Å². The van der Waals surface area contributed by atoms with E-state index >= 15 is 0 Å². The van der Waals surface area contributed by atoms with Gasteiger partial charge in [0.1, 0.15) is 5.75 Å². The van der Waals surface area contributed by atoms with Gasteiger partial charge in [0.25, 0.3) is 0 Å².